The van der Waals surface area contributed by atoms with Crippen LogP contribution in [-0.4, -0.2) is 127 Å². The number of carbonyl (C=O) groups excluding carboxylic acids is 3. The van der Waals surface area contributed by atoms with Crippen LogP contribution in [-0.2, 0) is 37.5 Å². The van der Waals surface area contributed by atoms with Crippen LogP contribution in [0.1, 0.15) is 149 Å². The molecule has 1 heterocycles. The molecule has 1 saturated carbocycles. The molecule has 17 heteroatoms. The normalized spacial score (nSPS) is 32.2. The fourth-order valence-electron chi connectivity index (χ4n) is 7.53. The smallest absolute Gasteiger partial charge is 0.462 e. The Bertz CT molecular complexity index is 1410. The first-order chi connectivity index (χ1) is 29.6. The molecule has 1 aliphatic carbocycles. The maximum absolute atomic E-state index is 13.6. The Kier molecular flexibility index (Phi) is 28.4. The number of ether oxygens (including phenoxy) is 2. The summed E-state index contributed by atoms with van der Waals surface area (Å²) in [5.74, 6) is -4.88. The number of hydrogen-bond acceptors (Lipinski definition) is 15. The second-order valence-electron chi connectivity index (χ2n) is 16.7. The van der Waals surface area contributed by atoms with Crippen LogP contribution in [0, 0.1) is 11.8 Å². The number of cyclic esters (lactones) is 1. The number of unbranched alkanes of at least 4 members (excludes halogenated alkanes) is 8. The first kappa shape index (κ1) is 55.8. The van der Waals surface area contributed by atoms with E-state index in [0.29, 0.717) is 44.9 Å². The molecular formula is C45H77O16P. The van der Waals surface area contributed by atoms with Crippen molar-refractivity contribution in [1.29, 1.82) is 0 Å². The second kappa shape index (κ2) is 31.5. The summed E-state index contributed by atoms with van der Waals surface area (Å²) in [6.07, 6.45) is 5.67. The molecule has 0 aromatic heterocycles. The second-order valence-corrected chi connectivity index (χ2v) is 18.1. The van der Waals surface area contributed by atoms with Gasteiger partial charge in [0.25, 0.3) is 0 Å². The van der Waals surface area contributed by atoms with E-state index in [2.05, 4.69) is 31.2 Å². The van der Waals surface area contributed by atoms with Crippen molar-refractivity contribution in [3.05, 3.63) is 36.5 Å². The Morgan fingerprint density at radius 3 is 2.21 bits per heavy atom. The van der Waals surface area contributed by atoms with E-state index < -0.39 is 112 Å². The molecule has 1 aliphatic heterocycles. The number of aliphatic hydroxyl groups is 7. The monoisotopic (exact) mass is 904 g/mol. The summed E-state index contributed by atoms with van der Waals surface area (Å²) in [5, 5.41) is 78.4. The molecule has 0 spiro atoms. The number of aliphatic hydroxyl groups excluding tert-OH is 7. The van der Waals surface area contributed by atoms with Gasteiger partial charge in [-0.05, 0) is 51.4 Å². The van der Waals surface area contributed by atoms with Crippen LogP contribution in [0.25, 0.3) is 0 Å². The predicted octanol–water partition coefficient (Wildman–Crippen LogP) is 5.20. The molecular weight excluding hydrogens is 827 g/mol. The van der Waals surface area contributed by atoms with Crippen molar-refractivity contribution in [2.45, 2.75) is 204 Å². The van der Waals surface area contributed by atoms with Gasteiger partial charge in [-0.25, -0.2) is 4.57 Å². The predicted molar refractivity (Wildman–Crippen MR) is 231 cm³/mol. The lowest BCUT2D eigenvalue weighted by atomic mass is 9.83. The molecule has 2 rings (SSSR count). The molecule has 1 unspecified atom stereocenters. The summed E-state index contributed by atoms with van der Waals surface area (Å²) in [5.41, 5.74) is 0. The fourth-order valence-corrected chi connectivity index (χ4v) is 8.50. The Morgan fingerprint density at radius 2 is 1.48 bits per heavy atom. The summed E-state index contributed by atoms with van der Waals surface area (Å²) in [6.45, 7) is 2.74. The zero-order chi connectivity index (χ0) is 45.9. The van der Waals surface area contributed by atoms with Gasteiger partial charge >= 0.3 is 19.8 Å². The van der Waals surface area contributed by atoms with E-state index in [-0.39, 0.29) is 19.3 Å². The van der Waals surface area contributed by atoms with Crippen LogP contribution in [0.15, 0.2) is 36.5 Å². The standard InChI is InChI=1S/C45H77O16P/c1-3-5-7-8-9-10-11-12-13-14-15-16-21-25-38(49)58-30-33-31-59-62(56,57)61-45-43(54)41(52)35(28-27-32(46)23-19-6-4-2)37(48)29-36(47)34(40(51)42(53)44(45)55)24-20-17-18-22-26-39(50)60-33/h7-8,10-11,27-28,32-35,37,40-46,48,51-55H,3-6,9,12-26,29-31H2,1-2H3,(H,56,57)/b8-7-,11-10-,28-27+/t32-,33+,34-,35-,37+,40+,41+,42-,43+,44+,45+/m0/s1. The van der Waals surface area contributed by atoms with Gasteiger partial charge in [0, 0.05) is 31.1 Å². The molecule has 62 heavy (non-hydrogen) atoms. The number of phosphoric ester groups is 1. The van der Waals surface area contributed by atoms with Gasteiger partial charge in [-0.15, -0.1) is 0 Å². The zero-order valence-corrected chi connectivity index (χ0v) is 37.8. The SMILES string of the molecule is CCC/C=C\C/C=C\CCCCCCCC(=O)OC[C@@H]1COP(=O)(O)O[C@H]2[C@H](O)[C@@H](O)[C@H](O)[C@@H](CCCCCCC(=O)O1)C(=O)C[C@@H](O)[C@H](/C=C/[C@@H](O)CCCCC)[C@@H](O)[C@H]2O. The molecule has 2 fully saturated rings. The number of Topliss-reactive ketones (excluding diaryl/α,β-unsaturated/α-hetero) is 1. The van der Waals surface area contributed by atoms with Crippen molar-refractivity contribution in [3.8, 4) is 0 Å². The number of carbonyl (C=O) groups is 3. The maximum Gasteiger partial charge on any atom is 0.472 e. The lowest BCUT2D eigenvalue weighted by molar-refractivity contribution is -0.166. The topological polar surface area (TPSA) is 267 Å². The van der Waals surface area contributed by atoms with Crippen molar-refractivity contribution in [2.24, 2.45) is 11.8 Å². The number of esters is 2. The Hall–Kier alpha value is -2.34. The molecule has 0 aromatic carbocycles. The van der Waals surface area contributed by atoms with Crippen molar-refractivity contribution in [2.75, 3.05) is 13.2 Å². The number of phosphoric acid groups is 1. The molecule has 2 aliphatic rings. The van der Waals surface area contributed by atoms with Gasteiger partial charge in [0.15, 0.2) is 6.10 Å². The summed E-state index contributed by atoms with van der Waals surface area (Å²) in [6, 6.07) is 0. The summed E-state index contributed by atoms with van der Waals surface area (Å²) >= 11 is 0. The molecule has 16 nitrogen and oxygen atoms in total. The summed E-state index contributed by atoms with van der Waals surface area (Å²) < 4.78 is 34.6. The molecule has 0 radical (unpaired) electrons. The van der Waals surface area contributed by atoms with E-state index in [0.717, 1.165) is 64.2 Å². The van der Waals surface area contributed by atoms with E-state index in [1.54, 1.807) is 0 Å². The lowest BCUT2D eigenvalue weighted by Gasteiger charge is -2.36. The van der Waals surface area contributed by atoms with E-state index in [1.165, 1.54) is 12.2 Å². The number of fused-ring (bicyclic) bond motifs is 4. The van der Waals surface area contributed by atoms with Crippen LogP contribution in [0.3, 0.4) is 0 Å². The highest BCUT2D eigenvalue weighted by molar-refractivity contribution is 7.47. The van der Waals surface area contributed by atoms with Gasteiger partial charge < -0.3 is 50.1 Å². The Balaban J connectivity index is 2.21. The van der Waals surface area contributed by atoms with Crippen molar-refractivity contribution >= 4 is 25.5 Å². The number of hydrogen-bond donors (Lipinski definition) is 8. The molecule has 0 amide bonds. The van der Waals surface area contributed by atoms with Gasteiger partial charge in [0.05, 0.1) is 31.0 Å². The maximum atomic E-state index is 13.6. The average Bonchev–Trinajstić information content (AvgIpc) is 3.23. The third kappa shape index (κ3) is 22.0. The third-order valence-corrected chi connectivity index (χ3v) is 12.3. The van der Waals surface area contributed by atoms with Crippen molar-refractivity contribution < 1.29 is 78.1 Å². The molecule has 8 N–H and O–H groups in total. The van der Waals surface area contributed by atoms with Gasteiger partial charge in [-0.1, -0.05) is 115 Å². The quantitative estimate of drug-likeness (QED) is 0.0338. The molecule has 358 valence electrons. The Morgan fingerprint density at radius 1 is 0.806 bits per heavy atom. The van der Waals surface area contributed by atoms with E-state index in [1.807, 2.05) is 6.92 Å². The number of rotatable bonds is 20. The van der Waals surface area contributed by atoms with Crippen LogP contribution < -0.4 is 0 Å². The highest BCUT2D eigenvalue weighted by Gasteiger charge is 2.49. The molecule has 0 aromatic rings. The minimum atomic E-state index is -5.44. The molecule has 2 bridgehead atoms. The van der Waals surface area contributed by atoms with E-state index in [9.17, 15) is 59.6 Å². The highest BCUT2D eigenvalue weighted by atomic mass is 31.2. The van der Waals surface area contributed by atoms with Gasteiger partial charge in [-0.2, -0.15) is 0 Å². The van der Waals surface area contributed by atoms with Crippen LogP contribution >= 0.6 is 7.82 Å². The summed E-state index contributed by atoms with van der Waals surface area (Å²) in [4.78, 5) is 49.9. The number of allylic oxidation sites excluding steroid dienone is 4. The Labute approximate surface area is 368 Å². The minimum absolute atomic E-state index is 0.0294. The molecule has 12 atom stereocenters. The molecule has 1 saturated heterocycles. The van der Waals surface area contributed by atoms with Crippen molar-refractivity contribution in [3.63, 3.8) is 0 Å². The number of ketones is 1. The third-order valence-electron chi connectivity index (χ3n) is 11.3. The van der Waals surface area contributed by atoms with Gasteiger partial charge in [-0.3, -0.25) is 23.4 Å². The first-order valence-corrected chi connectivity index (χ1v) is 24.4. The summed E-state index contributed by atoms with van der Waals surface area (Å²) in [7, 11) is -5.44. The average molecular weight is 905 g/mol. The van der Waals surface area contributed by atoms with E-state index in [4.69, 9.17) is 18.5 Å². The van der Waals surface area contributed by atoms with E-state index >= 15 is 0 Å². The van der Waals surface area contributed by atoms with Crippen molar-refractivity contribution in [1.82, 2.24) is 0 Å². The van der Waals surface area contributed by atoms with Crippen LogP contribution in [0.4, 0.5) is 0 Å². The zero-order valence-electron chi connectivity index (χ0n) is 36.9. The van der Waals surface area contributed by atoms with Gasteiger partial charge in [0.1, 0.15) is 36.8 Å². The lowest BCUT2D eigenvalue weighted by Crippen LogP contribution is -2.55. The highest BCUT2D eigenvalue weighted by Crippen LogP contribution is 2.47. The van der Waals surface area contributed by atoms with Gasteiger partial charge in [0.2, 0.25) is 0 Å². The largest absolute Gasteiger partial charge is 0.472 e. The van der Waals surface area contributed by atoms with Crippen LogP contribution in [0.2, 0.25) is 0 Å². The van der Waals surface area contributed by atoms with Crippen LogP contribution in [0.5, 0.6) is 0 Å². The fraction of sp³-hybridized carbons (Fsp3) is 0.800. The minimum Gasteiger partial charge on any atom is -0.462 e. The first-order valence-electron chi connectivity index (χ1n) is 22.9.